The fourth-order valence-electron chi connectivity index (χ4n) is 1.92. The highest BCUT2D eigenvalue weighted by atomic mass is 16.5. The molecule has 0 spiro atoms. The molecule has 0 aliphatic carbocycles. The van der Waals surface area contributed by atoms with Gasteiger partial charge in [0.25, 0.3) is 0 Å². The van der Waals surface area contributed by atoms with Crippen molar-refractivity contribution in [1.29, 1.82) is 0 Å². The summed E-state index contributed by atoms with van der Waals surface area (Å²) in [6.07, 6.45) is -0.190. The summed E-state index contributed by atoms with van der Waals surface area (Å²) < 4.78 is 5.64. The van der Waals surface area contributed by atoms with Gasteiger partial charge in [-0.1, -0.05) is 24.3 Å². The van der Waals surface area contributed by atoms with Crippen LogP contribution in [0.25, 0.3) is 0 Å². The maximum atomic E-state index is 11.2. The number of aromatic carboxylic acids is 1. The number of rotatable bonds is 5. The number of carbonyl (C=O) groups is 2. The average Bonchev–Trinajstić information content (AvgIpc) is 2.42. The molecule has 2 rings (SSSR count). The fourth-order valence-corrected chi connectivity index (χ4v) is 1.92. The molecule has 21 heavy (non-hydrogen) atoms. The summed E-state index contributed by atoms with van der Waals surface area (Å²) in [5, 5.41) is 18.1. The molecule has 0 heterocycles. The average molecular weight is 286 g/mol. The van der Waals surface area contributed by atoms with Gasteiger partial charge in [0.2, 0.25) is 0 Å². The van der Waals surface area contributed by atoms with E-state index in [4.69, 9.17) is 14.9 Å². The number of carboxylic acids is 2. The number of aryl methyl sites for hydroxylation is 1. The molecule has 108 valence electrons. The van der Waals surface area contributed by atoms with Crippen molar-refractivity contribution in [3.63, 3.8) is 0 Å². The van der Waals surface area contributed by atoms with Crippen LogP contribution in [0.5, 0.6) is 11.5 Å². The minimum Gasteiger partial charge on any atom is -0.481 e. The monoisotopic (exact) mass is 286 g/mol. The summed E-state index contributed by atoms with van der Waals surface area (Å²) in [5.74, 6) is -1.54. The zero-order valence-electron chi connectivity index (χ0n) is 11.4. The Hall–Kier alpha value is -2.82. The molecule has 0 aromatic heterocycles. The first-order chi connectivity index (χ1) is 9.97. The normalized spacial score (nSPS) is 10.1. The van der Waals surface area contributed by atoms with Crippen LogP contribution in [-0.4, -0.2) is 22.2 Å². The van der Waals surface area contributed by atoms with Crippen molar-refractivity contribution in [2.45, 2.75) is 13.3 Å². The molecule has 0 amide bonds. The lowest BCUT2D eigenvalue weighted by atomic mass is 10.1. The van der Waals surface area contributed by atoms with E-state index < -0.39 is 11.9 Å². The van der Waals surface area contributed by atoms with Crippen molar-refractivity contribution in [2.75, 3.05) is 0 Å². The summed E-state index contributed by atoms with van der Waals surface area (Å²) in [4.78, 5) is 22.1. The number of benzene rings is 2. The van der Waals surface area contributed by atoms with Gasteiger partial charge in [-0.05, 0) is 30.7 Å². The van der Waals surface area contributed by atoms with Gasteiger partial charge in [-0.25, -0.2) is 4.79 Å². The van der Waals surface area contributed by atoms with Crippen LogP contribution in [0.3, 0.4) is 0 Å². The Labute approximate surface area is 121 Å². The predicted molar refractivity (Wildman–Crippen MR) is 76.0 cm³/mol. The van der Waals surface area contributed by atoms with E-state index in [0.29, 0.717) is 11.3 Å². The van der Waals surface area contributed by atoms with Gasteiger partial charge in [0.1, 0.15) is 17.1 Å². The first-order valence-electron chi connectivity index (χ1n) is 6.29. The van der Waals surface area contributed by atoms with Crippen LogP contribution in [0.4, 0.5) is 0 Å². The molecule has 0 atom stereocenters. The Morgan fingerprint density at radius 2 is 1.76 bits per heavy atom. The Morgan fingerprint density at radius 1 is 1.05 bits per heavy atom. The van der Waals surface area contributed by atoms with E-state index in [0.717, 1.165) is 5.56 Å². The molecule has 2 N–H and O–H groups in total. The van der Waals surface area contributed by atoms with Crippen LogP contribution in [0.2, 0.25) is 0 Å². The lowest BCUT2D eigenvalue weighted by Crippen LogP contribution is -2.04. The van der Waals surface area contributed by atoms with Gasteiger partial charge in [-0.3, -0.25) is 4.79 Å². The predicted octanol–water partition coefficient (Wildman–Crippen LogP) is 3.11. The Bertz CT molecular complexity index is 691. The van der Waals surface area contributed by atoms with Crippen LogP contribution in [0, 0.1) is 6.92 Å². The zero-order chi connectivity index (χ0) is 15.4. The van der Waals surface area contributed by atoms with Gasteiger partial charge < -0.3 is 14.9 Å². The molecular weight excluding hydrogens is 272 g/mol. The standard InChI is InChI=1S/C16H14O5/c1-10-6-7-11(9-15(17)18)14(8-10)21-13-5-3-2-4-12(13)16(19)20/h2-8H,9H2,1H3,(H,17,18)(H,19,20). The summed E-state index contributed by atoms with van der Waals surface area (Å²) in [6, 6.07) is 11.4. The molecule has 2 aromatic carbocycles. The van der Waals surface area contributed by atoms with E-state index in [2.05, 4.69) is 0 Å². The highest BCUT2D eigenvalue weighted by Gasteiger charge is 2.14. The highest BCUT2D eigenvalue weighted by molar-refractivity contribution is 5.91. The van der Waals surface area contributed by atoms with Crippen molar-refractivity contribution in [1.82, 2.24) is 0 Å². The lowest BCUT2D eigenvalue weighted by Gasteiger charge is -2.12. The van der Waals surface area contributed by atoms with Crippen molar-refractivity contribution >= 4 is 11.9 Å². The highest BCUT2D eigenvalue weighted by Crippen LogP contribution is 2.29. The number of para-hydroxylation sites is 1. The minimum atomic E-state index is -1.10. The lowest BCUT2D eigenvalue weighted by molar-refractivity contribution is -0.136. The van der Waals surface area contributed by atoms with Crippen molar-refractivity contribution < 1.29 is 24.5 Å². The molecule has 0 radical (unpaired) electrons. The van der Waals surface area contributed by atoms with Crippen LogP contribution >= 0.6 is 0 Å². The quantitative estimate of drug-likeness (QED) is 0.882. The maximum absolute atomic E-state index is 11.2. The number of hydrogen-bond acceptors (Lipinski definition) is 3. The molecule has 5 heteroatoms. The molecule has 5 nitrogen and oxygen atoms in total. The van der Waals surface area contributed by atoms with Crippen molar-refractivity contribution in [3.05, 3.63) is 59.2 Å². The number of carboxylic acid groups (broad SMARTS) is 2. The maximum Gasteiger partial charge on any atom is 0.339 e. The molecule has 2 aromatic rings. The van der Waals surface area contributed by atoms with Crippen molar-refractivity contribution in [2.24, 2.45) is 0 Å². The van der Waals surface area contributed by atoms with Crippen LogP contribution in [0.15, 0.2) is 42.5 Å². The minimum absolute atomic E-state index is 0.0280. The smallest absolute Gasteiger partial charge is 0.339 e. The number of hydrogen-bond donors (Lipinski definition) is 2. The number of ether oxygens (including phenoxy) is 1. The van der Waals surface area contributed by atoms with Gasteiger partial charge in [0, 0.05) is 5.56 Å². The molecular formula is C16H14O5. The second kappa shape index (κ2) is 6.09. The second-order valence-electron chi connectivity index (χ2n) is 4.59. The summed E-state index contributed by atoms with van der Waals surface area (Å²) in [7, 11) is 0. The summed E-state index contributed by atoms with van der Waals surface area (Å²) in [6.45, 7) is 1.85. The van der Waals surface area contributed by atoms with Crippen LogP contribution in [-0.2, 0) is 11.2 Å². The van der Waals surface area contributed by atoms with E-state index in [-0.39, 0.29) is 17.7 Å². The third kappa shape index (κ3) is 3.60. The Morgan fingerprint density at radius 3 is 2.43 bits per heavy atom. The van der Waals surface area contributed by atoms with Gasteiger partial charge in [-0.2, -0.15) is 0 Å². The Balaban J connectivity index is 2.41. The molecule has 0 fully saturated rings. The number of aliphatic carboxylic acids is 1. The van der Waals surface area contributed by atoms with Gasteiger partial charge in [0.05, 0.1) is 6.42 Å². The first kappa shape index (κ1) is 14.6. The fraction of sp³-hybridized carbons (Fsp3) is 0.125. The zero-order valence-corrected chi connectivity index (χ0v) is 11.4. The van der Waals surface area contributed by atoms with Crippen LogP contribution < -0.4 is 4.74 Å². The van der Waals surface area contributed by atoms with Gasteiger partial charge in [0.15, 0.2) is 0 Å². The van der Waals surface area contributed by atoms with E-state index in [9.17, 15) is 9.59 Å². The SMILES string of the molecule is Cc1ccc(CC(=O)O)c(Oc2ccccc2C(=O)O)c1. The van der Waals surface area contributed by atoms with E-state index in [1.165, 1.54) is 12.1 Å². The molecule has 0 bridgehead atoms. The third-order valence-electron chi connectivity index (χ3n) is 2.90. The topological polar surface area (TPSA) is 83.8 Å². The largest absolute Gasteiger partial charge is 0.481 e. The summed E-state index contributed by atoms with van der Waals surface area (Å²) >= 11 is 0. The molecule has 0 saturated heterocycles. The van der Waals surface area contributed by atoms with Crippen molar-refractivity contribution in [3.8, 4) is 11.5 Å². The van der Waals surface area contributed by atoms with Crippen LogP contribution in [0.1, 0.15) is 21.5 Å². The Kier molecular flexibility index (Phi) is 4.23. The first-order valence-corrected chi connectivity index (χ1v) is 6.29. The molecule has 0 aliphatic rings. The van der Waals surface area contributed by atoms with Gasteiger partial charge >= 0.3 is 11.9 Å². The third-order valence-corrected chi connectivity index (χ3v) is 2.90. The van der Waals surface area contributed by atoms with Gasteiger partial charge in [-0.15, -0.1) is 0 Å². The molecule has 0 aliphatic heterocycles. The van der Waals surface area contributed by atoms with E-state index in [1.807, 2.05) is 6.92 Å². The molecule has 0 saturated carbocycles. The summed E-state index contributed by atoms with van der Waals surface area (Å²) in [5.41, 5.74) is 1.42. The van der Waals surface area contributed by atoms with E-state index in [1.54, 1.807) is 30.3 Å². The second-order valence-corrected chi connectivity index (χ2v) is 4.59. The van der Waals surface area contributed by atoms with E-state index >= 15 is 0 Å². The molecule has 0 unspecified atom stereocenters.